The molecule has 2 rings (SSSR count). The van der Waals surface area contributed by atoms with Crippen molar-refractivity contribution >= 4 is 21.9 Å². The fourth-order valence-electron chi connectivity index (χ4n) is 1.68. The van der Waals surface area contributed by atoms with Gasteiger partial charge in [-0.3, -0.25) is 9.78 Å². The van der Waals surface area contributed by atoms with E-state index in [0.717, 1.165) is 21.7 Å². The molecule has 6 heteroatoms. The summed E-state index contributed by atoms with van der Waals surface area (Å²) in [6.45, 7) is 0. The number of nitrogens with zero attached hydrogens (tertiary/aromatic N) is 3. The van der Waals surface area contributed by atoms with Crippen LogP contribution < -0.4 is 0 Å². The summed E-state index contributed by atoms with van der Waals surface area (Å²) in [5.74, 6) is -0.0253. The second-order valence-electron chi connectivity index (χ2n) is 3.86. The van der Waals surface area contributed by atoms with Crippen LogP contribution in [0, 0.1) is 0 Å². The number of halogens is 1. The van der Waals surface area contributed by atoms with Crippen LogP contribution in [0.4, 0.5) is 0 Å². The van der Waals surface area contributed by atoms with E-state index in [0.29, 0.717) is 6.42 Å². The van der Waals surface area contributed by atoms with Gasteiger partial charge in [-0.05, 0) is 28.1 Å². The molecule has 5 nitrogen and oxygen atoms in total. The van der Waals surface area contributed by atoms with Gasteiger partial charge in [0.1, 0.15) is 10.4 Å². The smallest absolute Gasteiger partial charge is 0.303 e. The zero-order valence-electron chi connectivity index (χ0n) is 9.80. The summed E-state index contributed by atoms with van der Waals surface area (Å²) in [5, 5.41) is 8.70. The van der Waals surface area contributed by atoms with Gasteiger partial charge in [0.2, 0.25) is 0 Å². The molecule has 2 aromatic rings. The average Bonchev–Trinajstić information content (AvgIpc) is 2.65. The number of carbonyl (C=O) groups is 1. The van der Waals surface area contributed by atoms with Gasteiger partial charge in [-0.2, -0.15) is 0 Å². The molecule has 2 aromatic heterocycles. The molecule has 0 aliphatic heterocycles. The first kappa shape index (κ1) is 12.8. The number of imidazole rings is 1. The molecular weight excluding hydrogens is 298 g/mol. The predicted molar refractivity (Wildman–Crippen MR) is 70.1 cm³/mol. The summed E-state index contributed by atoms with van der Waals surface area (Å²) in [6.07, 6.45) is 3.89. The average molecular weight is 310 g/mol. The molecule has 0 bridgehead atoms. The number of rotatable bonds is 4. The van der Waals surface area contributed by atoms with Crippen LogP contribution in [-0.4, -0.2) is 25.6 Å². The Kier molecular flexibility index (Phi) is 3.76. The second kappa shape index (κ2) is 5.30. The standard InChI is InChI=1S/C12H12BrN3O2/c1-16-11(13)9(2-3-10(17)18)15-12(16)8-4-6-14-7-5-8/h4-7H,2-3H2,1H3,(H,17,18). The lowest BCUT2D eigenvalue weighted by molar-refractivity contribution is -0.136. The number of pyridine rings is 1. The topological polar surface area (TPSA) is 68.0 Å². The predicted octanol–water partition coefficient (Wildman–Crippen LogP) is 2.26. The van der Waals surface area contributed by atoms with Crippen molar-refractivity contribution in [2.24, 2.45) is 7.05 Å². The van der Waals surface area contributed by atoms with E-state index in [1.807, 2.05) is 23.7 Å². The molecule has 2 heterocycles. The number of hydrogen-bond acceptors (Lipinski definition) is 3. The van der Waals surface area contributed by atoms with Gasteiger partial charge in [-0.15, -0.1) is 0 Å². The third-order valence-electron chi connectivity index (χ3n) is 2.61. The Labute approximate surface area is 113 Å². The molecule has 0 aliphatic carbocycles. The van der Waals surface area contributed by atoms with Gasteiger partial charge >= 0.3 is 5.97 Å². The quantitative estimate of drug-likeness (QED) is 0.940. The van der Waals surface area contributed by atoms with Gasteiger partial charge in [0.05, 0.1) is 12.1 Å². The van der Waals surface area contributed by atoms with Gasteiger partial charge in [-0.25, -0.2) is 4.98 Å². The van der Waals surface area contributed by atoms with Crippen LogP contribution >= 0.6 is 15.9 Å². The van der Waals surface area contributed by atoms with E-state index in [9.17, 15) is 4.79 Å². The monoisotopic (exact) mass is 309 g/mol. The summed E-state index contributed by atoms with van der Waals surface area (Å²) in [6, 6.07) is 3.74. The van der Waals surface area contributed by atoms with Crippen LogP contribution in [0.2, 0.25) is 0 Å². The first-order valence-electron chi connectivity index (χ1n) is 5.43. The Morgan fingerprint density at radius 3 is 2.72 bits per heavy atom. The molecule has 0 saturated carbocycles. The summed E-state index contributed by atoms with van der Waals surface area (Å²) in [7, 11) is 1.89. The molecule has 0 saturated heterocycles. The summed E-state index contributed by atoms with van der Waals surface area (Å²) in [4.78, 5) is 19.0. The van der Waals surface area contributed by atoms with Crippen molar-refractivity contribution in [3.05, 3.63) is 34.8 Å². The minimum atomic E-state index is -0.821. The third kappa shape index (κ3) is 2.59. The molecule has 18 heavy (non-hydrogen) atoms. The van der Waals surface area contributed by atoms with Crippen molar-refractivity contribution in [3.8, 4) is 11.4 Å². The molecule has 0 spiro atoms. The normalized spacial score (nSPS) is 10.6. The molecule has 0 radical (unpaired) electrons. The highest BCUT2D eigenvalue weighted by Crippen LogP contribution is 2.25. The SMILES string of the molecule is Cn1c(-c2ccncc2)nc(CCC(=O)O)c1Br. The van der Waals surface area contributed by atoms with Crippen molar-refractivity contribution in [3.63, 3.8) is 0 Å². The van der Waals surface area contributed by atoms with Crippen molar-refractivity contribution in [2.45, 2.75) is 12.8 Å². The van der Waals surface area contributed by atoms with Crippen molar-refractivity contribution < 1.29 is 9.90 Å². The third-order valence-corrected chi connectivity index (χ3v) is 3.60. The lowest BCUT2D eigenvalue weighted by atomic mass is 10.2. The molecule has 0 aromatic carbocycles. The summed E-state index contributed by atoms with van der Waals surface area (Å²) in [5.41, 5.74) is 1.71. The number of aryl methyl sites for hydroxylation is 1. The molecular formula is C12H12BrN3O2. The Balaban J connectivity index is 2.33. The summed E-state index contributed by atoms with van der Waals surface area (Å²) < 4.78 is 2.71. The van der Waals surface area contributed by atoms with E-state index in [4.69, 9.17) is 5.11 Å². The maximum absolute atomic E-state index is 10.6. The second-order valence-corrected chi connectivity index (χ2v) is 4.61. The molecule has 1 N–H and O–H groups in total. The Hall–Kier alpha value is -1.69. The number of hydrogen-bond donors (Lipinski definition) is 1. The van der Waals surface area contributed by atoms with E-state index in [1.54, 1.807) is 12.4 Å². The number of carboxylic acid groups (broad SMARTS) is 1. The van der Waals surface area contributed by atoms with E-state index in [-0.39, 0.29) is 6.42 Å². The van der Waals surface area contributed by atoms with Crippen LogP contribution in [0.5, 0.6) is 0 Å². The van der Waals surface area contributed by atoms with Crippen molar-refractivity contribution in [2.75, 3.05) is 0 Å². The van der Waals surface area contributed by atoms with Gasteiger partial charge in [-0.1, -0.05) is 0 Å². The molecule has 0 unspecified atom stereocenters. The molecule has 0 amide bonds. The Bertz CT molecular complexity index is 566. The number of carboxylic acids is 1. The highest BCUT2D eigenvalue weighted by Gasteiger charge is 2.14. The first-order chi connectivity index (χ1) is 8.59. The van der Waals surface area contributed by atoms with Crippen LogP contribution in [0.1, 0.15) is 12.1 Å². The Morgan fingerprint density at radius 2 is 2.11 bits per heavy atom. The van der Waals surface area contributed by atoms with Crippen LogP contribution in [0.3, 0.4) is 0 Å². The van der Waals surface area contributed by atoms with Gasteiger partial charge in [0.25, 0.3) is 0 Å². The maximum atomic E-state index is 10.6. The Morgan fingerprint density at radius 1 is 1.44 bits per heavy atom. The van der Waals surface area contributed by atoms with Gasteiger partial charge in [0.15, 0.2) is 0 Å². The van der Waals surface area contributed by atoms with E-state index in [2.05, 4.69) is 25.9 Å². The van der Waals surface area contributed by atoms with E-state index < -0.39 is 5.97 Å². The first-order valence-corrected chi connectivity index (χ1v) is 6.22. The van der Waals surface area contributed by atoms with Gasteiger partial charge < -0.3 is 9.67 Å². The van der Waals surface area contributed by atoms with Crippen LogP contribution in [0.25, 0.3) is 11.4 Å². The summed E-state index contributed by atoms with van der Waals surface area (Å²) >= 11 is 3.44. The lowest BCUT2D eigenvalue weighted by Gasteiger charge is -2.01. The van der Waals surface area contributed by atoms with Crippen molar-refractivity contribution in [1.82, 2.24) is 14.5 Å². The molecule has 94 valence electrons. The molecule has 0 atom stereocenters. The highest BCUT2D eigenvalue weighted by atomic mass is 79.9. The minimum Gasteiger partial charge on any atom is -0.481 e. The zero-order chi connectivity index (χ0) is 13.1. The van der Waals surface area contributed by atoms with Crippen LogP contribution in [-0.2, 0) is 18.3 Å². The van der Waals surface area contributed by atoms with Crippen molar-refractivity contribution in [1.29, 1.82) is 0 Å². The largest absolute Gasteiger partial charge is 0.481 e. The maximum Gasteiger partial charge on any atom is 0.303 e. The van der Waals surface area contributed by atoms with E-state index in [1.165, 1.54) is 0 Å². The number of aromatic nitrogens is 3. The highest BCUT2D eigenvalue weighted by molar-refractivity contribution is 9.10. The number of aliphatic carboxylic acids is 1. The van der Waals surface area contributed by atoms with Gasteiger partial charge in [0, 0.05) is 31.4 Å². The van der Waals surface area contributed by atoms with Crippen LogP contribution in [0.15, 0.2) is 29.1 Å². The minimum absolute atomic E-state index is 0.0748. The molecule has 0 fully saturated rings. The zero-order valence-corrected chi connectivity index (χ0v) is 11.4. The molecule has 0 aliphatic rings. The fraction of sp³-hybridized carbons (Fsp3) is 0.250. The van der Waals surface area contributed by atoms with E-state index >= 15 is 0 Å². The fourth-order valence-corrected chi connectivity index (χ4v) is 2.13. The lowest BCUT2D eigenvalue weighted by Crippen LogP contribution is -1.98.